The molecule has 1 aliphatic rings. The van der Waals surface area contributed by atoms with Gasteiger partial charge in [0.15, 0.2) is 0 Å². The molecule has 0 spiro atoms. The molecule has 1 N–H and O–H groups in total. The lowest BCUT2D eigenvalue weighted by molar-refractivity contribution is 0.0661. The van der Waals surface area contributed by atoms with Crippen LogP contribution in [0.3, 0.4) is 0 Å². The van der Waals surface area contributed by atoms with Gasteiger partial charge < -0.3 is 14.8 Å². The van der Waals surface area contributed by atoms with E-state index in [1.165, 1.54) is 5.56 Å². The summed E-state index contributed by atoms with van der Waals surface area (Å²) in [6.07, 6.45) is 6.16. The number of nitrogens with one attached hydrogen (secondary N) is 1. The van der Waals surface area contributed by atoms with E-state index in [0.29, 0.717) is 6.04 Å². The molecule has 0 bridgehead atoms. The normalized spacial score (nSPS) is 20.0. The maximum absolute atomic E-state index is 6.04. The molecular weight excluding hydrogens is 238 g/mol. The van der Waals surface area contributed by atoms with E-state index in [-0.39, 0.29) is 12.2 Å². The third-order valence-electron chi connectivity index (χ3n) is 3.22. The van der Waals surface area contributed by atoms with E-state index in [0.717, 1.165) is 24.5 Å². The number of hydrogen-bond acceptors (Lipinski definition) is 3. The lowest BCUT2D eigenvalue weighted by Crippen LogP contribution is -2.39. The Bertz CT molecular complexity index is 488. The summed E-state index contributed by atoms with van der Waals surface area (Å²) in [4.78, 5) is 0. The molecule has 3 heteroatoms. The lowest BCUT2D eigenvalue weighted by Gasteiger charge is -2.38. The molecule has 102 valence electrons. The number of terminal acetylenes is 1. The Morgan fingerprint density at radius 1 is 1.53 bits per heavy atom. The van der Waals surface area contributed by atoms with Gasteiger partial charge in [-0.1, -0.05) is 18.9 Å². The first kappa shape index (κ1) is 13.8. The average Bonchev–Trinajstić information content (AvgIpc) is 2.35. The Hall–Kier alpha value is -1.66. The van der Waals surface area contributed by atoms with E-state index < -0.39 is 0 Å². The van der Waals surface area contributed by atoms with Gasteiger partial charge in [0.1, 0.15) is 23.7 Å². The van der Waals surface area contributed by atoms with Crippen LogP contribution >= 0.6 is 0 Å². The van der Waals surface area contributed by atoms with Gasteiger partial charge in [-0.15, -0.1) is 6.42 Å². The zero-order valence-electron chi connectivity index (χ0n) is 11.8. The van der Waals surface area contributed by atoms with Crippen molar-refractivity contribution in [1.29, 1.82) is 0 Å². The van der Waals surface area contributed by atoms with Gasteiger partial charge in [0, 0.05) is 24.1 Å². The van der Waals surface area contributed by atoms with Gasteiger partial charge in [0.05, 0.1) is 0 Å². The lowest BCUT2D eigenvalue weighted by atomic mass is 9.89. The van der Waals surface area contributed by atoms with Gasteiger partial charge in [0.25, 0.3) is 0 Å². The smallest absolute Gasteiger partial charge is 0.148 e. The number of benzene rings is 1. The van der Waals surface area contributed by atoms with E-state index in [9.17, 15) is 0 Å². The molecule has 1 unspecified atom stereocenters. The molecule has 0 aromatic heterocycles. The zero-order chi connectivity index (χ0) is 13.9. The van der Waals surface area contributed by atoms with E-state index in [1.54, 1.807) is 0 Å². The minimum absolute atomic E-state index is 0.176. The Labute approximate surface area is 115 Å². The fraction of sp³-hybridized carbons (Fsp3) is 0.500. The Kier molecular flexibility index (Phi) is 4.01. The van der Waals surface area contributed by atoms with Crippen molar-refractivity contribution in [3.63, 3.8) is 0 Å². The van der Waals surface area contributed by atoms with Crippen molar-refractivity contribution < 1.29 is 9.47 Å². The molecule has 0 amide bonds. The third-order valence-corrected chi connectivity index (χ3v) is 3.22. The molecule has 1 atom stereocenters. The Balaban J connectivity index is 2.29. The second kappa shape index (κ2) is 5.54. The molecular formula is C16H21NO2. The van der Waals surface area contributed by atoms with Crippen molar-refractivity contribution >= 4 is 0 Å². The molecule has 0 fully saturated rings. The second-order valence-corrected chi connectivity index (χ2v) is 5.37. The fourth-order valence-electron chi connectivity index (χ4n) is 2.48. The monoisotopic (exact) mass is 259 g/mol. The Morgan fingerprint density at radius 2 is 2.32 bits per heavy atom. The summed E-state index contributed by atoms with van der Waals surface area (Å²) in [7, 11) is 0. The predicted molar refractivity (Wildman–Crippen MR) is 76.5 cm³/mol. The zero-order valence-corrected chi connectivity index (χ0v) is 11.8. The summed E-state index contributed by atoms with van der Waals surface area (Å²) >= 11 is 0. The highest BCUT2D eigenvalue weighted by Gasteiger charge is 2.33. The maximum Gasteiger partial charge on any atom is 0.148 e. The summed E-state index contributed by atoms with van der Waals surface area (Å²) in [6, 6.07) is 6.26. The molecule has 19 heavy (non-hydrogen) atoms. The van der Waals surface area contributed by atoms with Crippen LogP contribution in [0.4, 0.5) is 0 Å². The van der Waals surface area contributed by atoms with Gasteiger partial charge in [-0.05, 0) is 26.5 Å². The first-order chi connectivity index (χ1) is 9.05. The average molecular weight is 259 g/mol. The minimum Gasteiger partial charge on any atom is -0.487 e. The first-order valence-electron chi connectivity index (χ1n) is 6.68. The highest BCUT2D eigenvalue weighted by atomic mass is 16.5. The summed E-state index contributed by atoms with van der Waals surface area (Å²) in [5, 5.41) is 3.51. The maximum atomic E-state index is 6.04. The van der Waals surface area contributed by atoms with Gasteiger partial charge in [-0.3, -0.25) is 0 Å². The van der Waals surface area contributed by atoms with Crippen molar-refractivity contribution in [2.45, 2.75) is 38.8 Å². The molecule has 1 aromatic rings. The van der Waals surface area contributed by atoms with Crippen LogP contribution in [0.1, 0.15) is 38.8 Å². The van der Waals surface area contributed by atoms with Crippen LogP contribution in [0.15, 0.2) is 18.2 Å². The van der Waals surface area contributed by atoms with Crippen molar-refractivity contribution in [3.05, 3.63) is 23.8 Å². The van der Waals surface area contributed by atoms with Crippen molar-refractivity contribution in [3.8, 4) is 23.8 Å². The third kappa shape index (κ3) is 3.21. The van der Waals surface area contributed by atoms with E-state index in [2.05, 4.69) is 38.1 Å². The van der Waals surface area contributed by atoms with Crippen molar-refractivity contribution in [2.24, 2.45) is 0 Å². The molecule has 0 aliphatic carbocycles. The molecule has 0 saturated carbocycles. The second-order valence-electron chi connectivity index (χ2n) is 5.37. The molecule has 2 rings (SSSR count). The molecule has 1 aliphatic heterocycles. The van der Waals surface area contributed by atoms with Crippen molar-refractivity contribution in [1.82, 2.24) is 5.32 Å². The van der Waals surface area contributed by atoms with Crippen LogP contribution in [0, 0.1) is 12.3 Å². The van der Waals surface area contributed by atoms with Crippen LogP contribution < -0.4 is 14.8 Å². The minimum atomic E-state index is -0.176. The number of hydrogen-bond donors (Lipinski definition) is 1. The first-order valence-corrected chi connectivity index (χ1v) is 6.68. The fourth-order valence-corrected chi connectivity index (χ4v) is 2.48. The van der Waals surface area contributed by atoms with E-state index in [1.807, 2.05) is 12.1 Å². The number of ether oxygens (including phenoxy) is 2. The van der Waals surface area contributed by atoms with Crippen LogP contribution in [0.5, 0.6) is 11.5 Å². The largest absolute Gasteiger partial charge is 0.487 e. The highest BCUT2D eigenvalue weighted by molar-refractivity contribution is 5.44. The molecule has 1 aromatic carbocycles. The summed E-state index contributed by atoms with van der Waals surface area (Å²) in [6.45, 7) is 7.55. The molecule has 0 radical (unpaired) electrons. The molecule has 0 saturated heterocycles. The van der Waals surface area contributed by atoms with E-state index >= 15 is 0 Å². The van der Waals surface area contributed by atoms with Gasteiger partial charge in [-0.2, -0.15) is 0 Å². The Morgan fingerprint density at radius 3 is 3.00 bits per heavy atom. The quantitative estimate of drug-likeness (QED) is 0.843. The number of fused-ring (bicyclic) bond motifs is 1. The van der Waals surface area contributed by atoms with Gasteiger partial charge in [0.2, 0.25) is 0 Å². The summed E-state index contributed by atoms with van der Waals surface area (Å²) < 4.78 is 11.5. The summed E-state index contributed by atoms with van der Waals surface area (Å²) in [5.41, 5.74) is 1.01. The van der Waals surface area contributed by atoms with Gasteiger partial charge in [-0.25, -0.2) is 0 Å². The van der Waals surface area contributed by atoms with Crippen LogP contribution in [0.2, 0.25) is 0 Å². The standard InChI is InChI=1S/C16H21NO2/c1-5-9-18-12-7-8-13-14(17-6-2)11-16(3,4)19-15(13)10-12/h1,7-8,10,14,17H,6,9,11H2,2-4H3. The van der Waals surface area contributed by atoms with Crippen LogP contribution in [-0.2, 0) is 0 Å². The number of rotatable bonds is 4. The molecule has 1 heterocycles. The van der Waals surface area contributed by atoms with Crippen LogP contribution in [-0.4, -0.2) is 18.8 Å². The molecule has 3 nitrogen and oxygen atoms in total. The summed E-state index contributed by atoms with van der Waals surface area (Å²) in [5.74, 6) is 4.11. The SMILES string of the molecule is C#CCOc1ccc2c(c1)OC(C)(C)CC2NCC. The van der Waals surface area contributed by atoms with Crippen LogP contribution in [0.25, 0.3) is 0 Å². The topological polar surface area (TPSA) is 30.5 Å². The highest BCUT2D eigenvalue weighted by Crippen LogP contribution is 2.41. The van der Waals surface area contributed by atoms with Crippen molar-refractivity contribution in [2.75, 3.05) is 13.2 Å². The van der Waals surface area contributed by atoms with Gasteiger partial charge >= 0.3 is 0 Å². The predicted octanol–water partition coefficient (Wildman–Crippen LogP) is 2.91. The van der Waals surface area contributed by atoms with E-state index in [4.69, 9.17) is 15.9 Å².